The molecule has 78 valence electrons. The summed E-state index contributed by atoms with van der Waals surface area (Å²) in [7, 11) is 0. The summed E-state index contributed by atoms with van der Waals surface area (Å²) in [5, 5.41) is 8.36. The van der Waals surface area contributed by atoms with Crippen molar-refractivity contribution in [2.24, 2.45) is 0 Å². The largest absolute Gasteiger partial charge is 0.748 e. The fraction of sp³-hybridized carbons (Fsp3) is 0.0833. The normalized spacial score (nSPS) is 7.71. The second-order valence-electron chi connectivity index (χ2n) is 2.70. The van der Waals surface area contributed by atoms with Gasteiger partial charge in [-0.2, -0.15) is 11.6 Å². The molecule has 14 heavy (non-hydrogen) atoms. The molecule has 0 aromatic heterocycles. The zero-order valence-electron chi connectivity index (χ0n) is 7.92. The van der Waals surface area contributed by atoms with Gasteiger partial charge in [0.1, 0.15) is 0 Å². The van der Waals surface area contributed by atoms with Crippen molar-refractivity contribution in [1.29, 1.82) is 5.26 Å². The molecule has 0 bridgehead atoms. The molecule has 1 nitrogen and oxygen atoms in total. The van der Waals surface area contributed by atoms with Crippen molar-refractivity contribution in [1.82, 2.24) is 0 Å². The number of hydrogen-bond donors (Lipinski definition) is 0. The second kappa shape index (κ2) is 7.15. The van der Waals surface area contributed by atoms with Gasteiger partial charge >= 0.3 is 0 Å². The summed E-state index contributed by atoms with van der Waals surface area (Å²) in [6.07, 6.45) is 0. The Kier molecular flexibility index (Phi) is 6.49. The maximum absolute atomic E-state index is 8.36. The van der Waals surface area contributed by atoms with E-state index in [1.807, 2.05) is 55.5 Å². The third kappa shape index (κ3) is 4.09. The van der Waals surface area contributed by atoms with Gasteiger partial charge in [0.05, 0.1) is 0 Å². The van der Waals surface area contributed by atoms with E-state index in [1.54, 1.807) is 0 Å². The molecule has 0 radical (unpaired) electrons. The molecule has 2 rings (SSSR count). The standard InChI is InChI=1S/C7H6N.C5H5.Fe/c1-6-3-2-4-7(6)5-8;1-2-4-5-3-1;/h2-4H,1H3;1-5H;/q-1;-5;. The summed E-state index contributed by atoms with van der Waals surface area (Å²) >= 11 is 0. The molecular weight excluding hydrogens is 214 g/mol. The van der Waals surface area contributed by atoms with Crippen molar-refractivity contribution in [3.8, 4) is 6.07 Å². The first-order chi connectivity index (χ1) is 6.34. The first kappa shape index (κ1) is 12.7. The maximum atomic E-state index is 8.36. The summed E-state index contributed by atoms with van der Waals surface area (Å²) in [5.74, 6) is 0. The summed E-state index contributed by atoms with van der Waals surface area (Å²) < 4.78 is 0. The van der Waals surface area contributed by atoms with Crippen LogP contribution < -0.4 is 0 Å². The first-order valence-electron chi connectivity index (χ1n) is 4.13. The van der Waals surface area contributed by atoms with Gasteiger partial charge in [-0.05, 0) is 0 Å². The Labute approximate surface area is 95.2 Å². The molecule has 2 heteroatoms. The fourth-order valence-electron chi connectivity index (χ4n) is 0.956. The Morgan fingerprint density at radius 3 is 1.93 bits per heavy atom. The quantitative estimate of drug-likeness (QED) is 0.499. The molecule has 0 aliphatic rings. The molecule has 0 saturated heterocycles. The molecule has 0 atom stereocenters. The Morgan fingerprint density at radius 1 is 1.21 bits per heavy atom. The van der Waals surface area contributed by atoms with Crippen molar-refractivity contribution in [3.63, 3.8) is 0 Å². The third-order valence-corrected chi connectivity index (χ3v) is 1.71. The van der Waals surface area contributed by atoms with Crippen molar-refractivity contribution in [2.45, 2.75) is 6.92 Å². The minimum Gasteiger partial charge on any atom is -0.748 e. The number of hydrogen-bond acceptors (Lipinski definition) is 1. The topological polar surface area (TPSA) is 23.8 Å². The van der Waals surface area contributed by atoms with E-state index >= 15 is 0 Å². The maximum Gasteiger partial charge on any atom is 0.0309 e. The van der Waals surface area contributed by atoms with Crippen LogP contribution in [0.1, 0.15) is 11.1 Å². The van der Waals surface area contributed by atoms with Gasteiger partial charge in [0.2, 0.25) is 0 Å². The van der Waals surface area contributed by atoms with Crippen molar-refractivity contribution >= 4 is 0 Å². The molecule has 2 aromatic carbocycles. The summed E-state index contributed by atoms with van der Waals surface area (Å²) in [4.78, 5) is 0. The smallest absolute Gasteiger partial charge is 0.0309 e. The average molecular weight is 225 g/mol. The van der Waals surface area contributed by atoms with Gasteiger partial charge in [-0.3, -0.25) is 0 Å². The molecular formula is C12H11FeN-6. The van der Waals surface area contributed by atoms with Gasteiger partial charge in [0, 0.05) is 23.1 Å². The molecule has 0 fully saturated rings. The zero-order valence-corrected chi connectivity index (χ0v) is 9.02. The van der Waals surface area contributed by atoms with E-state index in [4.69, 9.17) is 5.26 Å². The van der Waals surface area contributed by atoms with E-state index in [2.05, 4.69) is 6.07 Å². The second-order valence-corrected chi connectivity index (χ2v) is 2.70. The fourth-order valence-corrected chi connectivity index (χ4v) is 0.956. The van der Waals surface area contributed by atoms with E-state index in [0.717, 1.165) is 11.1 Å². The molecule has 0 aliphatic carbocycles. The molecule has 0 aliphatic heterocycles. The van der Waals surface area contributed by atoms with Crippen LogP contribution in [0.2, 0.25) is 0 Å². The van der Waals surface area contributed by atoms with Crippen LogP contribution in [0.5, 0.6) is 0 Å². The molecule has 0 heterocycles. The Balaban J connectivity index is 0.000000246. The number of aryl methyl sites for hydroxylation is 1. The number of rotatable bonds is 0. The van der Waals surface area contributed by atoms with Crippen LogP contribution >= 0.6 is 0 Å². The van der Waals surface area contributed by atoms with Crippen molar-refractivity contribution in [2.75, 3.05) is 0 Å². The van der Waals surface area contributed by atoms with Gasteiger partial charge in [-0.25, -0.2) is 17.4 Å². The van der Waals surface area contributed by atoms with Crippen LogP contribution in [-0.4, -0.2) is 0 Å². The van der Waals surface area contributed by atoms with Gasteiger partial charge in [-0.15, -0.1) is 0 Å². The minimum absolute atomic E-state index is 0. The average Bonchev–Trinajstić information content (AvgIpc) is 2.76. The van der Waals surface area contributed by atoms with Crippen molar-refractivity contribution in [3.05, 3.63) is 59.7 Å². The monoisotopic (exact) mass is 225 g/mol. The predicted molar refractivity (Wildman–Crippen MR) is 53.5 cm³/mol. The molecule has 0 amide bonds. The van der Waals surface area contributed by atoms with Gasteiger partial charge in [0.25, 0.3) is 0 Å². The van der Waals surface area contributed by atoms with E-state index in [9.17, 15) is 0 Å². The SMILES string of the molecule is Cc1ccc[c-]1C#N.[Fe].[cH-]1[cH-][cH-][cH-][cH-]1. The van der Waals surface area contributed by atoms with E-state index in [-0.39, 0.29) is 17.1 Å². The molecule has 0 saturated carbocycles. The van der Waals surface area contributed by atoms with Gasteiger partial charge < -0.3 is 30.3 Å². The van der Waals surface area contributed by atoms with Crippen LogP contribution in [0.15, 0.2) is 48.5 Å². The summed E-state index contributed by atoms with van der Waals surface area (Å²) in [6, 6.07) is 17.7. The van der Waals surface area contributed by atoms with Crippen molar-refractivity contribution < 1.29 is 17.1 Å². The number of nitriles is 1. The van der Waals surface area contributed by atoms with Gasteiger partial charge in [-0.1, -0.05) is 12.5 Å². The Hall–Kier alpha value is -1.29. The summed E-state index contributed by atoms with van der Waals surface area (Å²) in [5.41, 5.74) is 1.84. The molecule has 0 unspecified atom stereocenters. The van der Waals surface area contributed by atoms with Crippen LogP contribution in [0, 0.1) is 18.3 Å². The van der Waals surface area contributed by atoms with Gasteiger partial charge in [0.15, 0.2) is 0 Å². The van der Waals surface area contributed by atoms with E-state index < -0.39 is 0 Å². The van der Waals surface area contributed by atoms with Crippen LogP contribution in [0.4, 0.5) is 0 Å². The van der Waals surface area contributed by atoms with Crippen LogP contribution in [0.3, 0.4) is 0 Å². The molecule has 0 N–H and O–H groups in total. The molecule has 2 aromatic rings. The summed E-state index contributed by atoms with van der Waals surface area (Å²) in [6.45, 7) is 1.93. The van der Waals surface area contributed by atoms with Crippen LogP contribution in [-0.2, 0) is 17.1 Å². The van der Waals surface area contributed by atoms with E-state index in [1.165, 1.54) is 0 Å². The third-order valence-electron chi connectivity index (χ3n) is 1.71. The molecule has 0 spiro atoms. The Morgan fingerprint density at radius 2 is 1.71 bits per heavy atom. The predicted octanol–water partition coefficient (Wildman–Crippen LogP) is 2.99. The van der Waals surface area contributed by atoms with E-state index in [0.29, 0.717) is 0 Å². The minimum atomic E-state index is 0. The zero-order chi connectivity index (χ0) is 9.52. The first-order valence-corrected chi connectivity index (χ1v) is 4.13. The Bertz CT molecular complexity index is 348. The number of nitrogens with zero attached hydrogens (tertiary/aromatic N) is 1. The van der Waals surface area contributed by atoms with Crippen LogP contribution in [0.25, 0.3) is 0 Å².